The minimum absolute atomic E-state index is 0.0161. The fraction of sp³-hybridized carbons (Fsp3) is 0.423. The van der Waals surface area contributed by atoms with Crippen LogP contribution in [0.5, 0.6) is 11.5 Å². The van der Waals surface area contributed by atoms with Crippen LogP contribution < -0.4 is 20.1 Å². The molecule has 2 aliphatic rings. The smallest absolute Gasteiger partial charge is 0.253 e. The Hall–Kier alpha value is -3.59. The van der Waals surface area contributed by atoms with Crippen molar-refractivity contribution in [3.05, 3.63) is 59.2 Å². The van der Waals surface area contributed by atoms with E-state index in [1.54, 1.807) is 25.3 Å². The maximum atomic E-state index is 13.0. The predicted octanol–water partition coefficient (Wildman–Crippen LogP) is 2.14. The first-order valence-electron chi connectivity index (χ1n) is 11.8. The molecular formula is C26H31N3O6. The van der Waals surface area contributed by atoms with Crippen LogP contribution in [0.3, 0.4) is 0 Å². The van der Waals surface area contributed by atoms with Crippen LogP contribution in [0.25, 0.3) is 0 Å². The third-order valence-corrected chi connectivity index (χ3v) is 6.37. The van der Waals surface area contributed by atoms with Crippen molar-refractivity contribution in [1.29, 1.82) is 0 Å². The molecule has 2 N–H and O–H groups in total. The molecule has 1 fully saturated rings. The number of ether oxygens (including phenoxy) is 3. The number of rotatable bonds is 8. The van der Waals surface area contributed by atoms with Gasteiger partial charge in [0, 0.05) is 37.9 Å². The molecule has 1 atom stereocenters. The van der Waals surface area contributed by atoms with Gasteiger partial charge in [-0.1, -0.05) is 17.7 Å². The fourth-order valence-electron chi connectivity index (χ4n) is 4.44. The zero-order chi connectivity index (χ0) is 24.8. The van der Waals surface area contributed by atoms with Gasteiger partial charge < -0.3 is 29.7 Å². The summed E-state index contributed by atoms with van der Waals surface area (Å²) in [6, 6.07) is 11.7. The molecule has 4 rings (SSSR count). The Morgan fingerprint density at radius 2 is 1.83 bits per heavy atom. The third kappa shape index (κ3) is 5.92. The molecule has 186 valence electrons. The number of methoxy groups -OCH3 is 1. The Bertz CT molecular complexity index is 1080. The van der Waals surface area contributed by atoms with Crippen molar-refractivity contribution in [2.45, 2.75) is 25.8 Å². The lowest BCUT2D eigenvalue weighted by atomic mass is 9.88. The lowest BCUT2D eigenvalue weighted by Gasteiger charge is -2.36. The largest absolute Gasteiger partial charge is 0.454 e. The Labute approximate surface area is 204 Å². The number of piperidine rings is 1. The van der Waals surface area contributed by atoms with E-state index in [2.05, 4.69) is 10.6 Å². The Morgan fingerprint density at radius 3 is 2.57 bits per heavy atom. The SMILES string of the molecule is COCCNC(=O)C(NC(=O)c1ccc2c(c1)OCO2)C1CCN(C(=O)c2cccc(C)c2)CC1. The van der Waals surface area contributed by atoms with Crippen LogP contribution in [0.2, 0.25) is 0 Å². The number of aryl methyl sites for hydroxylation is 1. The van der Waals surface area contributed by atoms with E-state index in [9.17, 15) is 14.4 Å². The van der Waals surface area contributed by atoms with E-state index < -0.39 is 6.04 Å². The molecule has 2 aliphatic heterocycles. The summed E-state index contributed by atoms with van der Waals surface area (Å²) >= 11 is 0. The number of hydrogen-bond acceptors (Lipinski definition) is 6. The summed E-state index contributed by atoms with van der Waals surface area (Å²) in [6.07, 6.45) is 1.20. The van der Waals surface area contributed by atoms with Crippen molar-refractivity contribution in [2.75, 3.05) is 40.1 Å². The number of hydrogen-bond donors (Lipinski definition) is 2. The molecule has 35 heavy (non-hydrogen) atoms. The summed E-state index contributed by atoms with van der Waals surface area (Å²) in [5, 5.41) is 5.75. The minimum Gasteiger partial charge on any atom is -0.454 e. The molecule has 0 aromatic heterocycles. The van der Waals surface area contributed by atoms with E-state index in [0.717, 1.165) is 5.56 Å². The van der Waals surface area contributed by atoms with E-state index in [1.807, 2.05) is 36.1 Å². The molecule has 2 aromatic carbocycles. The molecular weight excluding hydrogens is 450 g/mol. The number of carbonyl (C=O) groups excluding carboxylic acids is 3. The average Bonchev–Trinajstić information content (AvgIpc) is 3.35. The number of nitrogens with zero attached hydrogens (tertiary/aromatic N) is 1. The molecule has 1 saturated heterocycles. The quantitative estimate of drug-likeness (QED) is 0.560. The number of benzene rings is 2. The number of fused-ring (bicyclic) bond motifs is 1. The van der Waals surface area contributed by atoms with Crippen LogP contribution in [0.4, 0.5) is 0 Å². The second-order valence-corrected chi connectivity index (χ2v) is 8.80. The normalized spacial score (nSPS) is 16.0. The van der Waals surface area contributed by atoms with Gasteiger partial charge in [0.25, 0.3) is 11.8 Å². The van der Waals surface area contributed by atoms with Crippen molar-refractivity contribution in [1.82, 2.24) is 15.5 Å². The zero-order valence-electron chi connectivity index (χ0n) is 20.0. The van der Waals surface area contributed by atoms with Gasteiger partial charge in [-0.25, -0.2) is 0 Å². The van der Waals surface area contributed by atoms with Crippen molar-refractivity contribution in [2.24, 2.45) is 5.92 Å². The zero-order valence-corrected chi connectivity index (χ0v) is 20.0. The molecule has 2 heterocycles. The Balaban J connectivity index is 1.43. The van der Waals surface area contributed by atoms with Gasteiger partial charge in [-0.15, -0.1) is 0 Å². The van der Waals surface area contributed by atoms with Crippen LogP contribution in [-0.4, -0.2) is 68.8 Å². The standard InChI is InChI=1S/C26H31N3O6/c1-17-4-3-5-20(14-17)26(32)29-11-8-18(9-12-29)23(25(31)27-10-13-33-2)28-24(30)19-6-7-21-22(15-19)35-16-34-21/h3-7,14-15,18,23H,8-13,16H2,1-2H3,(H,27,31)(H,28,30). The molecule has 9 heteroatoms. The van der Waals surface area contributed by atoms with Crippen molar-refractivity contribution in [3.63, 3.8) is 0 Å². The van der Waals surface area contributed by atoms with E-state index in [0.29, 0.717) is 61.7 Å². The van der Waals surface area contributed by atoms with Gasteiger partial charge in [0.15, 0.2) is 11.5 Å². The van der Waals surface area contributed by atoms with Gasteiger partial charge in [0.2, 0.25) is 12.7 Å². The molecule has 3 amide bonds. The van der Waals surface area contributed by atoms with E-state index in [4.69, 9.17) is 14.2 Å². The number of carbonyl (C=O) groups is 3. The number of likely N-dealkylation sites (tertiary alicyclic amines) is 1. The van der Waals surface area contributed by atoms with E-state index >= 15 is 0 Å². The molecule has 0 spiro atoms. The molecule has 2 aromatic rings. The maximum Gasteiger partial charge on any atom is 0.253 e. The monoisotopic (exact) mass is 481 g/mol. The number of nitrogens with one attached hydrogen (secondary N) is 2. The summed E-state index contributed by atoms with van der Waals surface area (Å²) in [6.45, 7) is 3.82. The van der Waals surface area contributed by atoms with E-state index in [-0.39, 0.29) is 30.4 Å². The molecule has 0 radical (unpaired) electrons. The molecule has 9 nitrogen and oxygen atoms in total. The van der Waals surface area contributed by atoms with Crippen molar-refractivity contribution in [3.8, 4) is 11.5 Å². The summed E-state index contributed by atoms with van der Waals surface area (Å²) < 4.78 is 15.7. The summed E-state index contributed by atoms with van der Waals surface area (Å²) in [4.78, 5) is 40.8. The highest BCUT2D eigenvalue weighted by atomic mass is 16.7. The highest BCUT2D eigenvalue weighted by molar-refractivity contribution is 5.98. The van der Waals surface area contributed by atoms with Gasteiger partial charge in [-0.05, 0) is 56.0 Å². The lowest BCUT2D eigenvalue weighted by molar-refractivity contribution is -0.124. The van der Waals surface area contributed by atoms with Crippen molar-refractivity contribution < 1.29 is 28.6 Å². The maximum absolute atomic E-state index is 13.0. The predicted molar refractivity (Wildman–Crippen MR) is 129 cm³/mol. The molecule has 0 bridgehead atoms. The second-order valence-electron chi connectivity index (χ2n) is 8.80. The fourth-order valence-corrected chi connectivity index (χ4v) is 4.44. The van der Waals surface area contributed by atoms with Gasteiger partial charge in [-0.3, -0.25) is 14.4 Å². The average molecular weight is 482 g/mol. The van der Waals surface area contributed by atoms with Gasteiger partial charge in [0.05, 0.1) is 6.61 Å². The van der Waals surface area contributed by atoms with Crippen LogP contribution in [0.15, 0.2) is 42.5 Å². The van der Waals surface area contributed by atoms with Crippen LogP contribution >= 0.6 is 0 Å². The minimum atomic E-state index is -0.735. The van der Waals surface area contributed by atoms with Crippen LogP contribution in [-0.2, 0) is 9.53 Å². The first-order chi connectivity index (χ1) is 17.0. The van der Waals surface area contributed by atoms with Crippen molar-refractivity contribution >= 4 is 17.7 Å². The third-order valence-electron chi connectivity index (χ3n) is 6.37. The first-order valence-corrected chi connectivity index (χ1v) is 11.8. The van der Waals surface area contributed by atoms with Gasteiger partial charge in [0.1, 0.15) is 6.04 Å². The summed E-state index contributed by atoms with van der Waals surface area (Å²) in [5.74, 6) is 0.325. The number of amides is 3. The van der Waals surface area contributed by atoms with Gasteiger partial charge in [-0.2, -0.15) is 0 Å². The highest BCUT2D eigenvalue weighted by Crippen LogP contribution is 2.32. The lowest BCUT2D eigenvalue weighted by Crippen LogP contribution is -2.54. The van der Waals surface area contributed by atoms with Gasteiger partial charge >= 0.3 is 0 Å². The van der Waals surface area contributed by atoms with Crippen LogP contribution in [0, 0.1) is 12.8 Å². The molecule has 1 unspecified atom stereocenters. The molecule has 0 saturated carbocycles. The summed E-state index contributed by atoms with van der Waals surface area (Å²) in [7, 11) is 1.56. The first kappa shape index (κ1) is 24.5. The Morgan fingerprint density at radius 1 is 1.06 bits per heavy atom. The second kappa shape index (κ2) is 11.2. The summed E-state index contributed by atoms with van der Waals surface area (Å²) in [5.41, 5.74) is 2.08. The highest BCUT2D eigenvalue weighted by Gasteiger charge is 2.34. The topological polar surface area (TPSA) is 106 Å². The van der Waals surface area contributed by atoms with Crippen LogP contribution in [0.1, 0.15) is 39.1 Å². The van der Waals surface area contributed by atoms with E-state index in [1.165, 1.54) is 0 Å². The molecule has 0 aliphatic carbocycles. The Kier molecular flexibility index (Phi) is 7.87.